The quantitative estimate of drug-likeness (QED) is 0.830. The van der Waals surface area contributed by atoms with E-state index in [0.717, 1.165) is 4.47 Å². The van der Waals surface area contributed by atoms with E-state index in [4.69, 9.17) is 10.5 Å². The highest BCUT2D eigenvalue weighted by Crippen LogP contribution is 2.10. The molecule has 1 heterocycles. The van der Waals surface area contributed by atoms with Crippen molar-refractivity contribution in [3.8, 4) is 0 Å². The predicted molar refractivity (Wildman–Crippen MR) is 59.2 cm³/mol. The van der Waals surface area contributed by atoms with E-state index in [1.807, 2.05) is 0 Å². The number of halogens is 1. The lowest BCUT2D eigenvalue weighted by molar-refractivity contribution is -0.149. The number of nitrogens with two attached hydrogens (primary N) is 1. The van der Waals surface area contributed by atoms with Crippen molar-refractivity contribution in [2.45, 2.75) is 25.9 Å². The third-order valence-electron chi connectivity index (χ3n) is 1.83. The molecule has 2 N–H and O–H groups in total. The molecule has 6 heteroatoms. The highest BCUT2D eigenvalue weighted by Gasteiger charge is 2.30. The summed E-state index contributed by atoms with van der Waals surface area (Å²) in [6.45, 7) is 3.99. The first-order chi connectivity index (χ1) is 6.95. The van der Waals surface area contributed by atoms with E-state index in [9.17, 15) is 4.79 Å². The van der Waals surface area contributed by atoms with Crippen LogP contribution in [-0.4, -0.2) is 27.9 Å². The second kappa shape index (κ2) is 4.76. The molecule has 15 heavy (non-hydrogen) atoms. The zero-order valence-electron chi connectivity index (χ0n) is 8.74. The van der Waals surface area contributed by atoms with Crippen molar-refractivity contribution in [1.82, 2.24) is 9.78 Å². The average Bonchev–Trinajstić information content (AvgIpc) is 2.50. The van der Waals surface area contributed by atoms with E-state index in [1.165, 1.54) is 0 Å². The molecule has 1 aromatic rings. The Morgan fingerprint density at radius 3 is 2.93 bits per heavy atom. The van der Waals surface area contributed by atoms with Gasteiger partial charge in [0.05, 0.1) is 23.8 Å². The Bertz CT molecular complexity index is 349. The Labute approximate surface area is 96.7 Å². The molecule has 0 aromatic carbocycles. The third-order valence-corrected chi connectivity index (χ3v) is 2.24. The van der Waals surface area contributed by atoms with E-state index < -0.39 is 11.5 Å². The van der Waals surface area contributed by atoms with Gasteiger partial charge < -0.3 is 10.5 Å². The van der Waals surface area contributed by atoms with Crippen LogP contribution in [0.15, 0.2) is 16.9 Å². The van der Waals surface area contributed by atoms with Gasteiger partial charge in [-0.05, 0) is 29.8 Å². The van der Waals surface area contributed by atoms with Crippen molar-refractivity contribution in [3.05, 3.63) is 16.9 Å². The molecule has 1 rings (SSSR count). The zero-order chi connectivity index (χ0) is 11.5. The summed E-state index contributed by atoms with van der Waals surface area (Å²) in [6, 6.07) is 0. The summed E-state index contributed by atoms with van der Waals surface area (Å²) in [7, 11) is 0. The summed E-state index contributed by atoms with van der Waals surface area (Å²) in [5, 5.41) is 4.03. The fourth-order valence-electron chi connectivity index (χ4n) is 1.12. The average molecular weight is 276 g/mol. The molecule has 0 saturated carbocycles. The second-order valence-corrected chi connectivity index (χ2v) is 4.41. The van der Waals surface area contributed by atoms with Crippen LogP contribution in [0.25, 0.3) is 0 Å². The topological polar surface area (TPSA) is 70.1 Å². The van der Waals surface area contributed by atoms with Crippen LogP contribution >= 0.6 is 15.9 Å². The largest absolute Gasteiger partial charge is 0.465 e. The van der Waals surface area contributed by atoms with Crippen molar-refractivity contribution in [1.29, 1.82) is 0 Å². The number of hydrogen-bond acceptors (Lipinski definition) is 4. The predicted octanol–water partition coefficient (Wildman–Crippen LogP) is 0.926. The maximum Gasteiger partial charge on any atom is 0.327 e. The Kier molecular flexibility index (Phi) is 3.87. The molecule has 0 radical (unpaired) electrons. The number of carbonyl (C=O) groups is 1. The Morgan fingerprint density at radius 1 is 1.80 bits per heavy atom. The van der Waals surface area contributed by atoms with Crippen LogP contribution in [0.2, 0.25) is 0 Å². The van der Waals surface area contributed by atoms with E-state index in [2.05, 4.69) is 21.0 Å². The van der Waals surface area contributed by atoms with Gasteiger partial charge in [0.15, 0.2) is 0 Å². The van der Waals surface area contributed by atoms with Crippen LogP contribution in [0.5, 0.6) is 0 Å². The molecule has 0 bridgehead atoms. The van der Waals surface area contributed by atoms with Crippen LogP contribution in [0.3, 0.4) is 0 Å². The smallest absolute Gasteiger partial charge is 0.327 e. The van der Waals surface area contributed by atoms with Gasteiger partial charge in [-0.15, -0.1) is 0 Å². The minimum atomic E-state index is -1.05. The van der Waals surface area contributed by atoms with Crippen LogP contribution in [0.4, 0.5) is 0 Å². The number of hydrogen-bond donors (Lipinski definition) is 1. The number of ether oxygens (including phenoxy) is 1. The molecule has 0 spiro atoms. The number of aromatic nitrogens is 2. The summed E-state index contributed by atoms with van der Waals surface area (Å²) in [4.78, 5) is 11.5. The molecular formula is C9H14BrN3O2. The lowest BCUT2D eigenvalue weighted by Crippen LogP contribution is -2.49. The molecule has 0 aliphatic carbocycles. The van der Waals surface area contributed by atoms with Crippen molar-refractivity contribution in [3.63, 3.8) is 0 Å². The van der Waals surface area contributed by atoms with Crippen LogP contribution in [0.1, 0.15) is 13.8 Å². The first-order valence-electron chi connectivity index (χ1n) is 4.60. The number of esters is 1. The molecule has 0 fully saturated rings. The second-order valence-electron chi connectivity index (χ2n) is 3.49. The minimum absolute atomic E-state index is 0.289. The van der Waals surface area contributed by atoms with Crippen molar-refractivity contribution < 1.29 is 9.53 Å². The summed E-state index contributed by atoms with van der Waals surface area (Å²) in [6.07, 6.45) is 3.39. The van der Waals surface area contributed by atoms with Gasteiger partial charge in [0, 0.05) is 6.20 Å². The monoisotopic (exact) mass is 275 g/mol. The van der Waals surface area contributed by atoms with E-state index in [-0.39, 0.29) is 6.54 Å². The SMILES string of the molecule is CCOC(=O)C(C)(N)Cn1cc(Br)cn1. The summed E-state index contributed by atoms with van der Waals surface area (Å²) >= 11 is 3.27. The molecule has 0 aliphatic heterocycles. The van der Waals surface area contributed by atoms with Gasteiger partial charge in [-0.3, -0.25) is 4.68 Å². The standard InChI is InChI=1S/C9H14BrN3O2/c1-3-15-8(14)9(2,11)6-13-5-7(10)4-12-13/h4-5H,3,6,11H2,1-2H3. The van der Waals surface area contributed by atoms with Crippen molar-refractivity contribution >= 4 is 21.9 Å². The highest BCUT2D eigenvalue weighted by atomic mass is 79.9. The van der Waals surface area contributed by atoms with Gasteiger partial charge in [0.1, 0.15) is 5.54 Å². The van der Waals surface area contributed by atoms with Crippen molar-refractivity contribution in [2.24, 2.45) is 5.73 Å². The van der Waals surface area contributed by atoms with Gasteiger partial charge in [-0.1, -0.05) is 0 Å². The Balaban J connectivity index is 2.67. The fraction of sp³-hybridized carbons (Fsp3) is 0.556. The summed E-state index contributed by atoms with van der Waals surface area (Å²) in [5.41, 5.74) is 4.78. The number of nitrogens with zero attached hydrogens (tertiary/aromatic N) is 2. The lowest BCUT2D eigenvalue weighted by atomic mass is 10.1. The molecule has 0 saturated heterocycles. The zero-order valence-corrected chi connectivity index (χ0v) is 10.3. The molecule has 1 unspecified atom stereocenters. The van der Waals surface area contributed by atoms with E-state index in [0.29, 0.717) is 6.61 Å². The highest BCUT2D eigenvalue weighted by molar-refractivity contribution is 9.10. The molecule has 84 valence electrons. The van der Waals surface area contributed by atoms with Gasteiger partial charge in [-0.2, -0.15) is 5.10 Å². The Hall–Kier alpha value is -0.880. The summed E-state index contributed by atoms with van der Waals surface area (Å²) in [5.74, 6) is -0.420. The molecule has 5 nitrogen and oxygen atoms in total. The number of carbonyl (C=O) groups excluding carboxylic acids is 1. The number of rotatable bonds is 4. The van der Waals surface area contributed by atoms with E-state index >= 15 is 0 Å². The van der Waals surface area contributed by atoms with Gasteiger partial charge in [0.25, 0.3) is 0 Å². The maximum atomic E-state index is 11.5. The lowest BCUT2D eigenvalue weighted by Gasteiger charge is -2.21. The third kappa shape index (κ3) is 3.32. The van der Waals surface area contributed by atoms with Gasteiger partial charge in [0.2, 0.25) is 0 Å². The summed E-state index contributed by atoms with van der Waals surface area (Å²) < 4.78 is 7.32. The van der Waals surface area contributed by atoms with Crippen LogP contribution in [-0.2, 0) is 16.1 Å². The minimum Gasteiger partial charge on any atom is -0.465 e. The fourth-order valence-corrected chi connectivity index (χ4v) is 1.45. The molecule has 1 atom stereocenters. The molecule has 1 aromatic heterocycles. The van der Waals surface area contributed by atoms with Crippen molar-refractivity contribution in [2.75, 3.05) is 6.61 Å². The normalized spacial score (nSPS) is 14.7. The van der Waals surface area contributed by atoms with E-state index in [1.54, 1.807) is 30.9 Å². The molecule has 0 aliphatic rings. The Morgan fingerprint density at radius 2 is 2.47 bits per heavy atom. The maximum absolute atomic E-state index is 11.5. The van der Waals surface area contributed by atoms with Gasteiger partial charge >= 0.3 is 5.97 Å². The molecular weight excluding hydrogens is 262 g/mol. The van der Waals surface area contributed by atoms with Crippen LogP contribution < -0.4 is 5.73 Å². The molecule has 0 amide bonds. The van der Waals surface area contributed by atoms with Gasteiger partial charge in [-0.25, -0.2) is 4.79 Å². The first kappa shape index (κ1) is 12.2. The van der Waals surface area contributed by atoms with Crippen LogP contribution in [0, 0.1) is 0 Å². The first-order valence-corrected chi connectivity index (χ1v) is 5.39.